The molecule has 5 heteroatoms. The lowest BCUT2D eigenvalue weighted by atomic mass is 10.1. The van der Waals surface area contributed by atoms with Gasteiger partial charge in [-0.1, -0.05) is 71.9 Å². The van der Waals surface area contributed by atoms with E-state index >= 15 is 0 Å². The Bertz CT molecular complexity index is 993. The Labute approximate surface area is 150 Å². The van der Waals surface area contributed by atoms with E-state index in [4.69, 9.17) is 5.10 Å². The van der Waals surface area contributed by atoms with E-state index in [1.165, 1.54) is 11.1 Å². The Morgan fingerprint density at radius 2 is 1.64 bits per heavy atom. The normalized spacial score (nSPS) is 12.4. The molecular weight excluding hydrogens is 328 g/mol. The first kappa shape index (κ1) is 15.8. The summed E-state index contributed by atoms with van der Waals surface area (Å²) in [6, 6.07) is 22.7. The first-order chi connectivity index (χ1) is 12.2. The number of rotatable bonds is 4. The summed E-state index contributed by atoms with van der Waals surface area (Å²) in [7, 11) is 0. The van der Waals surface area contributed by atoms with Crippen LogP contribution in [0.4, 0.5) is 0 Å². The van der Waals surface area contributed by atoms with Crippen LogP contribution in [-0.4, -0.2) is 19.8 Å². The number of hydrogen-bond donors (Lipinski definition) is 0. The minimum atomic E-state index is 0.324. The van der Waals surface area contributed by atoms with E-state index in [-0.39, 0.29) is 0 Å². The molecule has 2 aromatic carbocycles. The average Bonchev–Trinajstić information content (AvgIpc) is 3.06. The van der Waals surface area contributed by atoms with Crippen LogP contribution in [0.5, 0.6) is 0 Å². The number of thioether (sulfide) groups is 1. The summed E-state index contributed by atoms with van der Waals surface area (Å²) in [4.78, 5) is 0. The van der Waals surface area contributed by atoms with E-state index in [0.717, 1.165) is 22.1 Å². The predicted molar refractivity (Wildman–Crippen MR) is 102 cm³/mol. The largest absolute Gasteiger partial charge is 0.192 e. The predicted octanol–water partition coefficient (Wildman–Crippen LogP) is 4.95. The van der Waals surface area contributed by atoms with Crippen LogP contribution >= 0.6 is 11.8 Å². The molecule has 0 saturated heterocycles. The average molecular weight is 346 g/mol. The first-order valence-electron chi connectivity index (χ1n) is 8.22. The summed E-state index contributed by atoms with van der Waals surface area (Å²) in [5.41, 5.74) is 4.28. The third-order valence-electron chi connectivity index (χ3n) is 4.11. The van der Waals surface area contributed by atoms with Crippen LogP contribution in [0.1, 0.15) is 23.3 Å². The van der Waals surface area contributed by atoms with Gasteiger partial charge in [-0.2, -0.15) is 9.61 Å². The van der Waals surface area contributed by atoms with Crippen molar-refractivity contribution >= 4 is 17.4 Å². The molecule has 1 atom stereocenters. The van der Waals surface area contributed by atoms with Gasteiger partial charge in [-0.05, 0) is 31.5 Å². The van der Waals surface area contributed by atoms with Crippen molar-refractivity contribution in [3.8, 4) is 11.4 Å². The second-order valence-corrected chi connectivity index (χ2v) is 7.36. The molecule has 4 aromatic rings. The molecular formula is C20H18N4S. The second-order valence-electron chi connectivity index (χ2n) is 6.00. The number of benzene rings is 2. The van der Waals surface area contributed by atoms with Crippen molar-refractivity contribution in [2.24, 2.45) is 0 Å². The minimum absolute atomic E-state index is 0.324. The molecule has 0 amide bonds. The molecule has 0 saturated carbocycles. The molecule has 0 fully saturated rings. The maximum Gasteiger partial charge on any atom is 0.185 e. The zero-order chi connectivity index (χ0) is 17.2. The highest BCUT2D eigenvalue weighted by Crippen LogP contribution is 2.33. The summed E-state index contributed by atoms with van der Waals surface area (Å²) in [5, 5.41) is 14.6. The van der Waals surface area contributed by atoms with Gasteiger partial charge in [-0.15, -0.1) is 10.2 Å². The summed E-state index contributed by atoms with van der Waals surface area (Å²) in [6.07, 6.45) is 0. The quantitative estimate of drug-likeness (QED) is 0.490. The molecule has 0 radical (unpaired) electrons. The summed E-state index contributed by atoms with van der Waals surface area (Å²) in [5.74, 6) is 0.768. The molecule has 0 aliphatic carbocycles. The van der Waals surface area contributed by atoms with E-state index in [1.54, 1.807) is 11.8 Å². The van der Waals surface area contributed by atoms with Gasteiger partial charge in [0.25, 0.3) is 0 Å². The zero-order valence-electron chi connectivity index (χ0n) is 14.1. The third-order valence-corrected chi connectivity index (χ3v) is 5.20. The highest BCUT2D eigenvalue weighted by Gasteiger charge is 2.12. The Kier molecular flexibility index (Phi) is 4.24. The van der Waals surface area contributed by atoms with Crippen LogP contribution in [0.15, 0.2) is 71.8 Å². The highest BCUT2D eigenvalue weighted by atomic mass is 32.2. The summed E-state index contributed by atoms with van der Waals surface area (Å²) >= 11 is 1.73. The van der Waals surface area contributed by atoms with Crippen LogP contribution in [0, 0.1) is 6.92 Å². The lowest BCUT2D eigenvalue weighted by Gasteiger charge is -2.11. The van der Waals surface area contributed by atoms with Gasteiger partial charge < -0.3 is 0 Å². The molecule has 124 valence electrons. The van der Waals surface area contributed by atoms with Gasteiger partial charge >= 0.3 is 0 Å². The van der Waals surface area contributed by atoms with E-state index in [9.17, 15) is 0 Å². The number of nitrogens with zero attached hydrogens (tertiary/aromatic N) is 4. The fourth-order valence-electron chi connectivity index (χ4n) is 2.69. The lowest BCUT2D eigenvalue weighted by Crippen LogP contribution is -1.98. The monoisotopic (exact) mass is 346 g/mol. The molecule has 0 N–H and O–H groups in total. The summed E-state index contributed by atoms with van der Waals surface area (Å²) in [6.45, 7) is 4.27. The van der Waals surface area contributed by atoms with Gasteiger partial charge in [0.2, 0.25) is 0 Å². The molecule has 2 heterocycles. The van der Waals surface area contributed by atoms with Crippen molar-refractivity contribution in [3.63, 3.8) is 0 Å². The van der Waals surface area contributed by atoms with Gasteiger partial charge in [-0.25, -0.2) is 0 Å². The SMILES string of the molecule is Cc1ccc(-c2nnc3ccc(SC(C)c4ccccc4)nn23)cc1. The van der Waals surface area contributed by atoms with Crippen molar-refractivity contribution in [2.75, 3.05) is 0 Å². The van der Waals surface area contributed by atoms with Crippen LogP contribution in [0.2, 0.25) is 0 Å². The zero-order valence-corrected chi connectivity index (χ0v) is 14.9. The van der Waals surface area contributed by atoms with Gasteiger partial charge in [0, 0.05) is 10.8 Å². The molecule has 0 spiro atoms. The van der Waals surface area contributed by atoms with Crippen molar-refractivity contribution in [1.82, 2.24) is 19.8 Å². The Hall–Kier alpha value is -2.66. The molecule has 4 nitrogen and oxygen atoms in total. The van der Waals surface area contributed by atoms with Gasteiger partial charge in [0.1, 0.15) is 5.03 Å². The topological polar surface area (TPSA) is 43.1 Å². The number of hydrogen-bond acceptors (Lipinski definition) is 4. The maximum absolute atomic E-state index is 4.75. The maximum atomic E-state index is 4.75. The Balaban J connectivity index is 1.67. The van der Waals surface area contributed by atoms with Crippen LogP contribution in [-0.2, 0) is 0 Å². The van der Waals surface area contributed by atoms with Crippen molar-refractivity contribution in [1.29, 1.82) is 0 Å². The fraction of sp³-hybridized carbons (Fsp3) is 0.150. The third kappa shape index (κ3) is 3.28. The molecule has 1 unspecified atom stereocenters. The van der Waals surface area contributed by atoms with Crippen LogP contribution in [0.3, 0.4) is 0 Å². The van der Waals surface area contributed by atoms with E-state index in [1.807, 2.05) is 22.7 Å². The fourth-order valence-corrected chi connectivity index (χ4v) is 3.62. The van der Waals surface area contributed by atoms with Gasteiger partial charge in [0.05, 0.1) is 0 Å². The van der Waals surface area contributed by atoms with Crippen molar-refractivity contribution in [3.05, 3.63) is 77.9 Å². The summed E-state index contributed by atoms with van der Waals surface area (Å²) < 4.78 is 1.82. The molecule has 2 aromatic heterocycles. The van der Waals surface area contributed by atoms with E-state index < -0.39 is 0 Å². The van der Waals surface area contributed by atoms with Crippen LogP contribution in [0.25, 0.3) is 17.0 Å². The standard InChI is InChI=1S/C20H18N4S/c1-14-8-10-17(11-9-14)20-22-21-18-12-13-19(23-24(18)20)25-15(2)16-6-4-3-5-7-16/h3-13,15H,1-2H3. The lowest BCUT2D eigenvalue weighted by molar-refractivity contribution is 0.857. The molecule has 0 aliphatic heterocycles. The van der Waals surface area contributed by atoms with Gasteiger partial charge in [0.15, 0.2) is 11.5 Å². The van der Waals surface area contributed by atoms with Crippen LogP contribution < -0.4 is 0 Å². The minimum Gasteiger partial charge on any atom is -0.192 e. The molecule has 4 rings (SSSR count). The Morgan fingerprint density at radius 3 is 2.40 bits per heavy atom. The van der Waals surface area contributed by atoms with Gasteiger partial charge in [-0.3, -0.25) is 0 Å². The number of fused-ring (bicyclic) bond motifs is 1. The van der Waals surface area contributed by atoms with E-state index in [0.29, 0.717) is 5.25 Å². The van der Waals surface area contributed by atoms with Crippen molar-refractivity contribution in [2.45, 2.75) is 24.1 Å². The van der Waals surface area contributed by atoms with E-state index in [2.05, 4.69) is 72.6 Å². The first-order valence-corrected chi connectivity index (χ1v) is 9.10. The molecule has 0 aliphatic rings. The molecule has 0 bridgehead atoms. The molecule has 25 heavy (non-hydrogen) atoms. The smallest absolute Gasteiger partial charge is 0.185 e. The second kappa shape index (κ2) is 6.69. The van der Waals surface area contributed by atoms with Crippen molar-refractivity contribution < 1.29 is 0 Å². The Morgan fingerprint density at radius 1 is 0.880 bits per heavy atom. The number of aryl methyl sites for hydroxylation is 1. The highest BCUT2D eigenvalue weighted by molar-refractivity contribution is 7.99. The number of aromatic nitrogens is 4.